The quantitative estimate of drug-likeness (QED) is 0.165. The van der Waals surface area contributed by atoms with Crippen molar-refractivity contribution in [2.45, 2.75) is 192 Å². The fraction of sp³-hybridized carbons (Fsp3) is 0.385. The first-order chi connectivity index (χ1) is 39.3. The van der Waals surface area contributed by atoms with Gasteiger partial charge in [-0.1, -0.05) is 182 Å². The minimum atomic E-state index is -0.251. The average molecular weight is 1090 g/mol. The highest BCUT2D eigenvalue weighted by Crippen LogP contribution is 2.63. The summed E-state index contributed by atoms with van der Waals surface area (Å²) in [5.41, 5.74) is 30.1. The zero-order chi connectivity index (χ0) is 57.7. The molecular formula is C78H82BN3O. The average Bonchev–Trinajstić information content (AvgIpc) is 1.60. The van der Waals surface area contributed by atoms with Crippen LogP contribution in [-0.2, 0) is 37.9 Å². The molecule has 5 heteroatoms. The number of hydrogen-bond acceptors (Lipinski definition) is 4. The second kappa shape index (κ2) is 16.3. The normalized spacial score (nSPS) is 23.6. The lowest BCUT2D eigenvalue weighted by Gasteiger charge is -2.51. The van der Waals surface area contributed by atoms with Crippen molar-refractivity contribution < 1.29 is 4.42 Å². The third-order valence-corrected chi connectivity index (χ3v) is 23.6. The number of benzene rings is 8. The van der Waals surface area contributed by atoms with Crippen LogP contribution in [0.4, 0.5) is 45.5 Å². The number of fused-ring (bicyclic) bond motifs is 14. The van der Waals surface area contributed by atoms with Crippen molar-refractivity contribution in [1.29, 1.82) is 0 Å². The molecule has 83 heavy (non-hydrogen) atoms. The highest BCUT2D eigenvalue weighted by atomic mass is 16.3. The van der Waals surface area contributed by atoms with E-state index in [1.807, 2.05) is 0 Å². The maximum absolute atomic E-state index is 6.65. The Kier molecular flexibility index (Phi) is 10.1. The zero-order valence-corrected chi connectivity index (χ0v) is 52.1. The molecule has 0 amide bonds. The van der Waals surface area contributed by atoms with Crippen molar-refractivity contribution in [1.82, 2.24) is 0 Å². The van der Waals surface area contributed by atoms with Crippen LogP contribution < -0.4 is 31.1 Å². The number of aryl methyl sites for hydroxylation is 1. The van der Waals surface area contributed by atoms with Crippen LogP contribution in [0.25, 0.3) is 21.9 Å². The van der Waals surface area contributed by atoms with Crippen molar-refractivity contribution in [2.24, 2.45) is 0 Å². The third kappa shape index (κ3) is 6.61. The maximum atomic E-state index is 6.65. The molecule has 418 valence electrons. The van der Waals surface area contributed by atoms with Gasteiger partial charge < -0.3 is 19.1 Å². The molecule has 2 unspecified atom stereocenters. The molecule has 4 aliphatic carbocycles. The molecule has 0 spiro atoms. The number of nitrogens with zero attached hydrogens (tertiary/aromatic N) is 3. The van der Waals surface area contributed by atoms with E-state index in [1.165, 1.54) is 138 Å². The van der Waals surface area contributed by atoms with Gasteiger partial charge in [-0.05, 0) is 200 Å². The maximum Gasteiger partial charge on any atom is 0.252 e. The first-order valence-corrected chi connectivity index (χ1v) is 31.5. The van der Waals surface area contributed by atoms with Crippen molar-refractivity contribution in [3.05, 3.63) is 195 Å². The first kappa shape index (κ1) is 51.6. The van der Waals surface area contributed by atoms with Crippen molar-refractivity contribution >= 4 is 90.5 Å². The van der Waals surface area contributed by atoms with E-state index in [2.05, 4.69) is 258 Å². The number of furan rings is 1. The summed E-state index contributed by atoms with van der Waals surface area (Å²) in [6, 6.07) is 55.9. The monoisotopic (exact) mass is 1090 g/mol. The van der Waals surface area contributed by atoms with Gasteiger partial charge >= 0.3 is 0 Å². The van der Waals surface area contributed by atoms with Gasteiger partial charge in [0.1, 0.15) is 11.2 Å². The Hall–Kier alpha value is -6.98. The predicted octanol–water partition coefficient (Wildman–Crippen LogP) is 19.0. The largest absolute Gasteiger partial charge is 0.456 e. The van der Waals surface area contributed by atoms with Gasteiger partial charge in [0.2, 0.25) is 0 Å². The molecule has 0 N–H and O–H groups in total. The Bertz CT molecular complexity index is 4350. The summed E-state index contributed by atoms with van der Waals surface area (Å²) < 4.78 is 6.65. The van der Waals surface area contributed by atoms with Crippen LogP contribution >= 0.6 is 0 Å². The van der Waals surface area contributed by atoms with E-state index in [0.717, 1.165) is 46.9 Å². The van der Waals surface area contributed by atoms with E-state index in [-0.39, 0.29) is 50.2 Å². The minimum absolute atomic E-state index is 0.00714. The number of anilines is 8. The zero-order valence-electron chi connectivity index (χ0n) is 52.1. The van der Waals surface area contributed by atoms with Gasteiger partial charge in [0.25, 0.3) is 6.71 Å². The molecule has 1 fully saturated rings. The van der Waals surface area contributed by atoms with Crippen LogP contribution in [0.1, 0.15) is 198 Å². The minimum Gasteiger partial charge on any atom is -0.456 e. The topological polar surface area (TPSA) is 22.9 Å². The SMILES string of the molecule is Cc1cc2c(cc1N1c3cc4c(cc3B3c5cc6c(cc5N(c5ccc7oc8ccccc8c7c5)c5cc(N7c8ccccc8C8(C)CCCCC78C)cc1c53)C(C)(C)CC6(C)C)C(C)(C)c1ccccc1C4(C)C)C(C)(C)CCC2(C)C. The number of para-hydroxylation sites is 2. The Balaban J connectivity index is 1.08. The molecule has 1 aromatic heterocycles. The molecule has 2 atom stereocenters. The standard InChI is InChI=1S/C78H82BN3O/c1-46-36-54-56(72(4,5)35-34-71(54,2)3)42-63(46)81-65-44-59-58(75(10,11)51-25-17-18-26-52(51)76(59,12)13)41-61(65)79-60-40-55-57(74(8,9)45-73(55,6)7)43-64(60)80(47-30-31-69-50(37-47)49-24-16-21-29-68(49)83-69)66-38-48(39-67(81)70(66)79)82-62-28-20-19-27-53(62)77(14)32-22-23-33-78(77,82)15/h16-21,24-31,36-44H,22-23,32-35,45H2,1-15H3. The second-order valence-corrected chi connectivity index (χ2v) is 31.1. The predicted molar refractivity (Wildman–Crippen MR) is 352 cm³/mol. The number of hydrogen-bond donors (Lipinski definition) is 0. The van der Waals surface area contributed by atoms with E-state index < -0.39 is 0 Å². The Morgan fingerprint density at radius 3 is 1.60 bits per heavy atom. The van der Waals surface area contributed by atoms with Crippen molar-refractivity contribution in [3.8, 4) is 0 Å². The van der Waals surface area contributed by atoms with E-state index in [0.29, 0.717) is 0 Å². The van der Waals surface area contributed by atoms with E-state index in [4.69, 9.17) is 4.42 Å². The molecule has 0 radical (unpaired) electrons. The molecule has 8 aromatic carbocycles. The summed E-state index contributed by atoms with van der Waals surface area (Å²) in [6.45, 7) is 37.5. The van der Waals surface area contributed by atoms with Gasteiger partial charge in [0.05, 0.1) is 5.54 Å². The van der Waals surface area contributed by atoms with Gasteiger partial charge in [-0.3, -0.25) is 0 Å². The highest BCUT2D eigenvalue weighted by molar-refractivity contribution is 7.00. The van der Waals surface area contributed by atoms with Crippen LogP contribution in [0.2, 0.25) is 0 Å². The van der Waals surface area contributed by atoms with Crippen molar-refractivity contribution in [2.75, 3.05) is 14.7 Å². The molecule has 0 saturated heterocycles. The molecule has 0 bridgehead atoms. The summed E-state index contributed by atoms with van der Waals surface area (Å²) in [4.78, 5) is 8.38. The highest BCUT2D eigenvalue weighted by Gasteiger charge is 2.59. The smallest absolute Gasteiger partial charge is 0.252 e. The van der Waals surface area contributed by atoms with Gasteiger partial charge in [-0.25, -0.2) is 0 Å². The lowest BCUT2D eigenvalue weighted by atomic mass is 9.32. The lowest BCUT2D eigenvalue weighted by Crippen LogP contribution is -2.62. The van der Waals surface area contributed by atoms with Crippen LogP contribution in [0.3, 0.4) is 0 Å². The summed E-state index contributed by atoms with van der Waals surface area (Å²) >= 11 is 0. The molecule has 3 aliphatic heterocycles. The third-order valence-electron chi connectivity index (χ3n) is 23.6. The summed E-state index contributed by atoms with van der Waals surface area (Å²) in [6.07, 6.45) is 8.18. The molecular weight excluding hydrogens is 1010 g/mol. The Labute approximate surface area is 494 Å². The van der Waals surface area contributed by atoms with Crippen LogP contribution in [0.15, 0.2) is 144 Å². The van der Waals surface area contributed by atoms with E-state index in [9.17, 15) is 0 Å². The van der Waals surface area contributed by atoms with Crippen LogP contribution in [-0.4, -0.2) is 12.3 Å². The van der Waals surface area contributed by atoms with Gasteiger partial charge in [-0.2, -0.15) is 0 Å². The number of rotatable bonds is 3. The first-order valence-electron chi connectivity index (χ1n) is 31.5. The molecule has 9 aromatic rings. The lowest BCUT2D eigenvalue weighted by molar-refractivity contribution is 0.195. The van der Waals surface area contributed by atoms with E-state index >= 15 is 0 Å². The fourth-order valence-corrected chi connectivity index (χ4v) is 19.0. The molecule has 4 heterocycles. The summed E-state index contributed by atoms with van der Waals surface area (Å²) in [5, 5.41) is 2.29. The van der Waals surface area contributed by atoms with E-state index in [1.54, 1.807) is 0 Å². The summed E-state index contributed by atoms with van der Waals surface area (Å²) in [7, 11) is 0. The molecule has 1 saturated carbocycles. The molecule has 16 rings (SSSR count). The fourth-order valence-electron chi connectivity index (χ4n) is 19.0. The molecule has 7 aliphatic rings. The molecule has 4 nitrogen and oxygen atoms in total. The van der Waals surface area contributed by atoms with Crippen molar-refractivity contribution in [3.63, 3.8) is 0 Å². The Morgan fingerprint density at radius 1 is 0.386 bits per heavy atom. The van der Waals surface area contributed by atoms with Crippen LogP contribution in [0, 0.1) is 6.92 Å². The van der Waals surface area contributed by atoms with Gasteiger partial charge in [0.15, 0.2) is 0 Å². The van der Waals surface area contributed by atoms with Gasteiger partial charge in [0, 0.05) is 72.5 Å². The van der Waals surface area contributed by atoms with Gasteiger partial charge in [-0.15, -0.1) is 0 Å². The van der Waals surface area contributed by atoms with Crippen LogP contribution in [0.5, 0.6) is 0 Å². The second-order valence-electron chi connectivity index (χ2n) is 31.1. The Morgan fingerprint density at radius 2 is 0.904 bits per heavy atom. The summed E-state index contributed by atoms with van der Waals surface area (Å²) in [5.74, 6) is 0.